The molecule has 8 heteroatoms. The third-order valence-corrected chi connectivity index (χ3v) is 7.14. The molecule has 2 aromatic rings. The monoisotopic (exact) mass is 484 g/mol. The third-order valence-electron chi connectivity index (χ3n) is 4.07. The summed E-state index contributed by atoms with van der Waals surface area (Å²) in [7, 11) is -3.57. The minimum absolute atomic E-state index is 0.234. The number of rotatable bonds is 9. The van der Waals surface area contributed by atoms with E-state index in [1.54, 1.807) is 30.0 Å². The van der Waals surface area contributed by atoms with E-state index in [-0.39, 0.29) is 12.5 Å². The molecule has 0 radical (unpaired) electrons. The van der Waals surface area contributed by atoms with E-state index in [9.17, 15) is 13.2 Å². The molecule has 0 aromatic heterocycles. The molecule has 2 rings (SSSR count). The van der Waals surface area contributed by atoms with Crippen molar-refractivity contribution in [2.24, 2.45) is 0 Å². The van der Waals surface area contributed by atoms with Gasteiger partial charge in [-0.1, -0.05) is 45.8 Å². The van der Waals surface area contributed by atoms with Crippen LogP contribution in [0.1, 0.15) is 16.7 Å². The quantitative estimate of drug-likeness (QED) is 0.548. The van der Waals surface area contributed by atoms with Gasteiger partial charge in [0.25, 0.3) is 0 Å². The first-order chi connectivity index (χ1) is 13.2. The highest BCUT2D eigenvalue weighted by Gasteiger charge is 2.21. The van der Waals surface area contributed by atoms with Gasteiger partial charge in [-0.3, -0.25) is 9.10 Å². The van der Waals surface area contributed by atoms with E-state index in [0.717, 1.165) is 32.1 Å². The fraction of sp³-hybridized carbons (Fsp3) is 0.350. The largest absolute Gasteiger partial charge is 0.354 e. The number of thioether (sulfide) groups is 1. The highest BCUT2D eigenvalue weighted by atomic mass is 79.9. The Kier molecular flexibility index (Phi) is 8.39. The maximum Gasteiger partial charge on any atom is 0.240 e. The van der Waals surface area contributed by atoms with Crippen LogP contribution >= 0.6 is 27.7 Å². The number of carbonyl (C=O) groups excluding carboxylic acids is 1. The van der Waals surface area contributed by atoms with Crippen molar-refractivity contribution < 1.29 is 13.2 Å². The second-order valence-corrected chi connectivity index (χ2v) is 10.5. The minimum Gasteiger partial charge on any atom is -0.354 e. The van der Waals surface area contributed by atoms with E-state index in [0.29, 0.717) is 12.2 Å². The van der Waals surface area contributed by atoms with Gasteiger partial charge >= 0.3 is 0 Å². The Balaban J connectivity index is 1.84. The number of halogens is 1. The summed E-state index contributed by atoms with van der Waals surface area (Å²) in [4.78, 5) is 12.3. The first kappa shape index (κ1) is 22.8. The molecule has 0 aliphatic rings. The molecule has 5 nitrogen and oxygen atoms in total. The summed E-state index contributed by atoms with van der Waals surface area (Å²) in [5, 5.41) is 2.80. The molecule has 0 saturated heterocycles. The van der Waals surface area contributed by atoms with Gasteiger partial charge in [0.2, 0.25) is 15.9 Å². The summed E-state index contributed by atoms with van der Waals surface area (Å²) in [6, 6.07) is 13.6. The first-order valence-electron chi connectivity index (χ1n) is 8.80. The highest BCUT2D eigenvalue weighted by molar-refractivity contribution is 9.10. The van der Waals surface area contributed by atoms with Gasteiger partial charge in [-0.25, -0.2) is 8.42 Å². The van der Waals surface area contributed by atoms with Crippen LogP contribution in [0.15, 0.2) is 46.9 Å². The number of hydrogen-bond donors (Lipinski definition) is 1. The second-order valence-electron chi connectivity index (χ2n) is 6.59. The van der Waals surface area contributed by atoms with Gasteiger partial charge in [0.05, 0.1) is 11.9 Å². The lowest BCUT2D eigenvalue weighted by Gasteiger charge is -2.22. The van der Waals surface area contributed by atoms with E-state index >= 15 is 0 Å². The van der Waals surface area contributed by atoms with Gasteiger partial charge < -0.3 is 5.32 Å². The Morgan fingerprint density at radius 1 is 1.14 bits per heavy atom. The van der Waals surface area contributed by atoms with Gasteiger partial charge in [0, 0.05) is 22.5 Å². The summed E-state index contributed by atoms with van der Waals surface area (Å²) < 4.78 is 26.3. The number of carbonyl (C=O) groups is 1. The molecular weight excluding hydrogens is 460 g/mol. The molecule has 0 unspecified atom stereocenters. The van der Waals surface area contributed by atoms with Crippen molar-refractivity contribution in [3.63, 3.8) is 0 Å². The molecule has 0 fully saturated rings. The SMILES string of the molecule is Cc1ccc(CSCCNC(=O)CN(c2ccc(Br)c(C)c2)S(C)(=O)=O)cc1. The molecule has 2 aromatic carbocycles. The molecule has 0 aliphatic carbocycles. The van der Waals surface area contributed by atoms with Crippen molar-refractivity contribution in [3.05, 3.63) is 63.6 Å². The topological polar surface area (TPSA) is 66.5 Å². The molecule has 0 bridgehead atoms. The summed E-state index contributed by atoms with van der Waals surface area (Å²) in [5.74, 6) is 1.32. The Bertz CT molecular complexity index is 916. The number of hydrogen-bond acceptors (Lipinski definition) is 4. The smallest absolute Gasteiger partial charge is 0.240 e. The highest BCUT2D eigenvalue weighted by Crippen LogP contribution is 2.24. The lowest BCUT2D eigenvalue weighted by atomic mass is 10.2. The molecule has 0 atom stereocenters. The predicted molar refractivity (Wildman–Crippen MR) is 121 cm³/mol. The first-order valence-corrected chi connectivity index (χ1v) is 12.6. The minimum atomic E-state index is -3.57. The van der Waals surface area contributed by atoms with E-state index < -0.39 is 10.0 Å². The van der Waals surface area contributed by atoms with E-state index in [2.05, 4.69) is 52.4 Å². The number of amides is 1. The van der Waals surface area contributed by atoms with Crippen LogP contribution in [0.3, 0.4) is 0 Å². The van der Waals surface area contributed by atoms with E-state index in [1.165, 1.54) is 11.1 Å². The summed E-state index contributed by atoms with van der Waals surface area (Å²) in [5.41, 5.74) is 3.86. The van der Waals surface area contributed by atoms with Crippen molar-refractivity contribution in [1.29, 1.82) is 0 Å². The van der Waals surface area contributed by atoms with Gasteiger partial charge in [0.15, 0.2) is 0 Å². The Morgan fingerprint density at radius 2 is 1.82 bits per heavy atom. The van der Waals surface area contributed by atoms with Gasteiger partial charge in [0.1, 0.15) is 6.54 Å². The van der Waals surface area contributed by atoms with Gasteiger partial charge in [-0.2, -0.15) is 11.8 Å². The molecule has 152 valence electrons. The average Bonchev–Trinajstić information content (AvgIpc) is 2.62. The van der Waals surface area contributed by atoms with Crippen molar-refractivity contribution in [3.8, 4) is 0 Å². The maximum absolute atomic E-state index is 12.3. The number of benzene rings is 2. The number of aryl methyl sites for hydroxylation is 2. The zero-order valence-corrected chi connectivity index (χ0v) is 19.5. The molecule has 0 aliphatic heterocycles. The van der Waals surface area contributed by atoms with Crippen LogP contribution in [0, 0.1) is 13.8 Å². The van der Waals surface area contributed by atoms with Crippen molar-refractivity contribution in [1.82, 2.24) is 5.32 Å². The summed E-state index contributed by atoms with van der Waals surface area (Å²) in [6.07, 6.45) is 1.11. The van der Waals surface area contributed by atoms with Crippen LogP contribution in [0.4, 0.5) is 5.69 Å². The fourth-order valence-corrected chi connectivity index (χ4v) is 4.42. The zero-order valence-electron chi connectivity index (χ0n) is 16.2. The Morgan fingerprint density at radius 3 is 2.43 bits per heavy atom. The number of nitrogens with one attached hydrogen (secondary N) is 1. The van der Waals surface area contributed by atoms with Crippen LogP contribution < -0.4 is 9.62 Å². The molecule has 0 spiro atoms. The lowest BCUT2D eigenvalue weighted by Crippen LogP contribution is -2.41. The van der Waals surface area contributed by atoms with E-state index in [1.807, 2.05) is 6.92 Å². The molecule has 28 heavy (non-hydrogen) atoms. The van der Waals surface area contributed by atoms with Crippen LogP contribution in [0.2, 0.25) is 0 Å². The lowest BCUT2D eigenvalue weighted by molar-refractivity contribution is -0.119. The summed E-state index contributed by atoms with van der Waals surface area (Å²) in [6.45, 7) is 4.19. The molecule has 1 amide bonds. The van der Waals surface area contributed by atoms with Gasteiger partial charge in [-0.15, -0.1) is 0 Å². The Labute approximate surface area is 180 Å². The van der Waals surface area contributed by atoms with Gasteiger partial charge in [-0.05, 0) is 43.2 Å². The molecule has 0 heterocycles. The molecule has 1 N–H and O–H groups in total. The average molecular weight is 485 g/mol. The summed E-state index contributed by atoms with van der Waals surface area (Å²) >= 11 is 5.13. The third kappa shape index (κ3) is 7.14. The fourth-order valence-electron chi connectivity index (χ4n) is 2.51. The number of sulfonamides is 1. The Hall–Kier alpha value is -1.51. The van der Waals surface area contributed by atoms with Crippen LogP contribution in [-0.4, -0.2) is 39.4 Å². The van der Waals surface area contributed by atoms with Crippen molar-refractivity contribution in [2.75, 3.05) is 29.4 Å². The van der Waals surface area contributed by atoms with Crippen LogP contribution in [0.5, 0.6) is 0 Å². The van der Waals surface area contributed by atoms with Crippen LogP contribution in [-0.2, 0) is 20.6 Å². The van der Waals surface area contributed by atoms with Crippen molar-refractivity contribution in [2.45, 2.75) is 19.6 Å². The van der Waals surface area contributed by atoms with Crippen LogP contribution in [0.25, 0.3) is 0 Å². The number of nitrogens with zero attached hydrogens (tertiary/aromatic N) is 1. The maximum atomic E-state index is 12.3. The molecular formula is C20H25BrN2O3S2. The van der Waals surface area contributed by atoms with Crippen molar-refractivity contribution >= 4 is 49.3 Å². The standard InChI is InChI=1S/C20H25BrN2O3S2/c1-15-4-6-17(7-5-15)14-27-11-10-22-20(24)13-23(28(3,25)26)18-8-9-19(21)16(2)12-18/h4-9,12H,10-11,13-14H2,1-3H3,(H,22,24). The van der Waals surface area contributed by atoms with E-state index in [4.69, 9.17) is 0 Å². The number of anilines is 1. The second kappa shape index (κ2) is 10.3. The predicted octanol–water partition coefficient (Wildman–Crippen LogP) is 3.88. The molecule has 0 saturated carbocycles. The normalized spacial score (nSPS) is 11.3. The zero-order chi connectivity index (χ0) is 20.7.